The van der Waals surface area contributed by atoms with Crippen molar-refractivity contribution in [2.75, 3.05) is 25.1 Å². The van der Waals surface area contributed by atoms with Gasteiger partial charge in [0.25, 0.3) is 0 Å². The highest BCUT2D eigenvalue weighted by atomic mass is 16.5. The lowest BCUT2D eigenvalue weighted by atomic mass is 10.2. The molecule has 0 amide bonds. The highest BCUT2D eigenvalue weighted by Gasteiger charge is 2.05. The number of anilines is 1. The molecular formula is C16H24N2O2. The van der Waals surface area contributed by atoms with Crippen LogP contribution in [-0.4, -0.2) is 31.2 Å². The Morgan fingerprint density at radius 1 is 1.30 bits per heavy atom. The van der Waals surface area contributed by atoms with Crippen LogP contribution < -0.4 is 4.90 Å². The first-order valence-corrected chi connectivity index (χ1v) is 7.18. The normalized spacial score (nSPS) is 10.8. The average Bonchev–Trinajstić information content (AvgIpc) is 2.49. The molecule has 0 N–H and O–H groups in total. The number of carbonyl (C=O) groups is 1. The van der Waals surface area contributed by atoms with Crippen LogP contribution in [-0.2, 0) is 9.53 Å². The summed E-state index contributed by atoms with van der Waals surface area (Å²) in [5, 5.41) is 0. The van der Waals surface area contributed by atoms with E-state index in [4.69, 9.17) is 0 Å². The Labute approximate surface area is 121 Å². The zero-order chi connectivity index (χ0) is 14.8. The minimum Gasteiger partial charge on any atom is -0.466 e. The zero-order valence-corrected chi connectivity index (χ0v) is 12.6. The second-order valence-electron chi connectivity index (χ2n) is 4.65. The van der Waals surface area contributed by atoms with Crippen molar-refractivity contribution in [2.45, 2.75) is 33.1 Å². The third-order valence-electron chi connectivity index (χ3n) is 2.98. The maximum absolute atomic E-state index is 11.0. The van der Waals surface area contributed by atoms with Gasteiger partial charge in [0.15, 0.2) is 0 Å². The summed E-state index contributed by atoms with van der Waals surface area (Å²) in [7, 11) is 1.37. The maximum Gasteiger partial charge on any atom is 0.330 e. The first kappa shape index (κ1) is 16.2. The van der Waals surface area contributed by atoms with Gasteiger partial charge >= 0.3 is 5.97 Å². The molecule has 0 unspecified atom stereocenters. The first-order valence-electron chi connectivity index (χ1n) is 7.18. The molecule has 1 rings (SSSR count). The zero-order valence-electron chi connectivity index (χ0n) is 12.6. The van der Waals surface area contributed by atoms with Gasteiger partial charge in [-0.1, -0.05) is 20.3 Å². The lowest BCUT2D eigenvalue weighted by Crippen LogP contribution is -2.26. The molecule has 0 saturated carbocycles. The summed E-state index contributed by atoms with van der Waals surface area (Å²) < 4.78 is 4.56. The maximum atomic E-state index is 11.0. The standard InChI is InChI=1S/C16H24N2O2/c1-4-6-12-18(11-5-2)15-9-7-14(13-17-15)8-10-16(19)20-3/h7-10,13H,4-6,11-12H2,1-3H3/b10-8+. The second kappa shape index (κ2) is 9.13. The Morgan fingerprint density at radius 3 is 2.65 bits per heavy atom. The van der Waals surface area contributed by atoms with Crippen molar-refractivity contribution in [3.05, 3.63) is 30.0 Å². The molecule has 20 heavy (non-hydrogen) atoms. The summed E-state index contributed by atoms with van der Waals surface area (Å²) >= 11 is 0. The Morgan fingerprint density at radius 2 is 2.10 bits per heavy atom. The SMILES string of the molecule is CCCCN(CCC)c1ccc(/C=C/C(=O)OC)cn1. The molecule has 4 nitrogen and oxygen atoms in total. The van der Waals surface area contributed by atoms with Crippen LogP contribution in [0.25, 0.3) is 6.08 Å². The molecule has 4 heteroatoms. The first-order chi connectivity index (χ1) is 9.71. The van der Waals surface area contributed by atoms with E-state index < -0.39 is 0 Å². The van der Waals surface area contributed by atoms with Crippen molar-refractivity contribution in [3.63, 3.8) is 0 Å². The van der Waals surface area contributed by atoms with Crippen molar-refractivity contribution in [1.82, 2.24) is 4.98 Å². The molecule has 110 valence electrons. The molecule has 0 atom stereocenters. The van der Waals surface area contributed by atoms with Gasteiger partial charge in [0.05, 0.1) is 7.11 Å². The number of ether oxygens (including phenoxy) is 1. The monoisotopic (exact) mass is 276 g/mol. The Kier molecular flexibility index (Phi) is 7.40. The van der Waals surface area contributed by atoms with E-state index in [1.54, 1.807) is 12.3 Å². The molecule has 0 spiro atoms. The van der Waals surface area contributed by atoms with Crippen LogP contribution in [0.5, 0.6) is 0 Å². The van der Waals surface area contributed by atoms with E-state index in [2.05, 4.69) is 28.5 Å². The summed E-state index contributed by atoms with van der Waals surface area (Å²) in [6.45, 7) is 6.42. The van der Waals surface area contributed by atoms with Crippen molar-refractivity contribution in [1.29, 1.82) is 0 Å². The van der Waals surface area contributed by atoms with Gasteiger partial charge in [0, 0.05) is 25.4 Å². The van der Waals surface area contributed by atoms with Crippen molar-refractivity contribution in [3.8, 4) is 0 Å². The van der Waals surface area contributed by atoms with Crippen LogP contribution in [0, 0.1) is 0 Å². The van der Waals surface area contributed by atoms with Gasteiger partial charge in [0.1, 0.15) is 5.82 Å². The predicted octanol–water partition coefficient (Wildman–Crippen LogP) is 3.28. The fourth-order valence-corrected chi connectivity index (χ4v) is 1.88. The predicted molar refractivity (Wildman–Crippen MR) is 82.7 cm³/mol. The van der Waals surface area contributed by atoms with Gasteiger partial charge in [-0.25, -0.2) is 9.78 Å². The molecule has 0 aliphatic rings. The van der Waals surface area contributed by atoms with Gasteiger partial charge in [-0.3, -0.25) is 0 Å². The third-order valence-corrected chi connectivity index (χ3v) is 2.98. The van der Waals surface area contributed by atoms with E-state index in [1.165, 1.54) is 26.0 Å². The van der Waals surface area contributed by atoms with Gasteiger partial charge in [-0.05, 0) is 36.6 Å². The second-order valence-corrected chi connectivity index (χ2v) is 4.65. The van der Waals surface area contributed by atoms with Gasteiger partial charge in [-0.15, -0.1) is 0 Å². The molecule has 0 fully saturated rings. The number of methoxy groups -OCH3 is 1. The molecular weight excluding hydrogens is 252 g/mol. The van der Waals surface area contributed by atoms with Gasteiger partial charge in [-0.2, -0.15) is 0 Å². The smallest absolute Gasteiger partial charge is 0.330 e. The third kappa shape index (κ3) is 5.43. The number of nitrogens with zero attached hydrogens (tertiary/aromatic N) is 2. The Bertz CT molecular complexity index is 427. The van der Waals surface area contributed by atoms with Gasteiger partial charge < -0.3 is 9.64 Å². The molecule has 0 aromatic carbocycles. The minimum absolute atomic E-state index is 0.357. The lowest BCUT2D eigenvalue weighted by Gasteiger charge is -2.22. The minimum atomic E-state index is -0.357. The van der Waals surface area contributed by atoms with E-state index >= 15 is 0 Å². The molecule has 0 radical (unpaired) electrons. The molecule has 0 saturated heterocycles. The number of pyridine rings is 1. The summed E-state index contributed by atoms with van der Waals surface area (Å²) in [5.74, 6) is 0.639. The fraction of sp³-hybridized carbons (Fsp3) is 0.500. The quantitative estimate of drug-likeness (QED) is 0.540. The number of rotatable bonds is 8. The van der Waals surface area contributed by atoms with Crippen molar-refractivity contribution in [2.24, 2.45) is 0 Å². The summed E-state index contributed by atoms with van der Waals surface area (Å²) in [6.07, 6.45) is 8.35. The molecule has 0 aliphatic carbocycles. The van der Waals surface area contributed by atoms with Crippen molar-refractivity contribution >= 4 is 17.9 Å². The Balaban J connectivity index is 2.71. The van der Waals surface area contributed by atoms with Crippen LogP contribution in [0.2, 0.25) is 0 Å². The van der Waals surface area contributed by atoms with Gasteiger partial charge in [0.2, 0.25) is 0 Å². The number of hydrogen-bond donors (Lipinski definition) is 0. The van der Waals surface area contributed by atoms with Crippen LogP contribution in [0.1, 0.15) is 38.7 Å². The van der Waals surface area contributed by atoms with Crippen LogP contribution >= 0.6 is 0 Å². The summed E-state index contributed by atoms with van der Waals surface area (Å²) in [5.41, 5.74) is 0.895. The molecule has 1 heterocycles. The largest absolute Gasteiger partial charge is 0.466 e. The summed E-state index contributed by atoms with van der Waals surface area (Å²) in [4.78, 5) is 17.8. The molecule has 0 aliphatic heterocycles. The lowest BCUT2D eigenvalue weighted by molar-refractivity contribution is -0.134. The average molecular weight is 276 g/mol. The fourth-order valence-electron chi connectivity index (χ4n) is 1.88. The highest BCUT2D eigenvalue weighted by Crippen LogP contribution is 2.13. The number of carbonyl (C=O) groups excluding carboxylic acids is 1. The van der Waals surface area contributed by atoms with E-state index in [1.807, 2.05) is 12.1 Å². The van der Waals surface area contributed by atoms with Crippen LogP contribution in [0.3, 0.4) is 0 Å². The summed E-state index contributed by atoms with van der Waals surface area (Å²) in [6, 6.07) is 3.97. The number of hydrogen-bond acceptors (Lipinski definition) is 4. The van der Waals surface area contributed by atoms with Crippen LogP contribution in [0.4, 0.5) is 5.82 Å². The number of aromatic nitrogens is 1. The van der Waals surface area contributed by atoms with E-state index in [9.17, 15) is 4.79 Å². The molecule has 0 bridgehead atoms. The van der Waals surface area contributed by atoms with Crippen molar-refractivity contribution < 1.29 is 9.53 Å². The van der Waals surface area contributed by atoms with E-state index in [0.29, 0.717) is 0 Å². The van der Waals surface area contributed by atoms with E-state index in [-0.39, 0.29) is 5.97 Å². The van der Waals surface area contributed by atoms with Crippen LogP contribution in [0.15, 0.2) is 24.4 Å². The molecule has 1 aromatic rings. The number of esters is 1. The number of unbranched alkanes of at least 4 members (excludes halogenated alkanes) is 1. The Hall–Kier alpha value is -1.84. The highest BCUT2D eigenvalue weighted by molar-refractivity contribution is 5.86. The molecule has 1 aromatic heterocycles. The van der Waals surface area contributed by atoms with E-state index in [0.717, 1.165) is 30.9 Å². The topological polar surface area (TPSA) is 42.4 Å².